The third kappa shape index (κ3) is 3.38. The first-order chi connectivity index (χ1) is 9.63. The number of nitriles is 1. The zero-order valence-corrected chi connectivity index (χ0v) is 12.9. The van der Waals surface area contributed by atoms with E-state index in [1.54, 1.807) is 24.3 Å². The van der Waals surface area contributed by atoms with Gasteiger partial charge in [-0.3, -0.25) is 0 Å². The number of ether oxygens (including phenoxy) is 1. The highest BCUT2D eigenvalue weighted by molar-refractivity contribution is 9.10. The Balaban J connectivity index is 2.31. The molecule has 4 heteroatoms. The molecule has 1 N–H and O–H groups in total. The zero-order valence-electron chi connectivity index (χ0n) is 11.4. The molecule has 0 aliphatic rings. The van der Waals surface area contributed by atoms with Crippen LogP contribution in [0.1, 0.15) is 24.1 Å². The van der Waals surface area contributed by atoms with Crippen LogP contribution in [0.15, 0.2) is 46.9 Å². The van der Waals surface area contributed by atoms with E-state index in [1.807, 2.05) is 25.2 Å². The van der Waals surface area contributed by atoms with Gasteiger partial charge in [0.05, 0.1) is 11.6 Å². The van der Waals surface area contributed by atoms with Crippen LogP contribution in [0.25, 0.3) is 0 Å². The second-order valence-corrected chi connectivity index (χ2v) is 5.35. The first-order valence-corrected chi connectivity index (χ1v) is 7.08. The summed E-state index contributed by atoms with van der Waals surface area (Å²) in [5.41, 5.74) is 1.70. The van der Waals surface area contributed by atoms with Crippen molar-refractivity contribution in [2.45, 2.75) is 13.0 Å². The molecule has 2 aromatic rings. The summed E-state index contributed by atoms with van der Waals surface area (Å²) in [6.07, 6.45) is 0. The molecule has 2 aromatic carbocycles. The van der Waals surface area contributed by atoms with Crippen molar-refractivity contribution in [1.82, 2.24) is 5.32 Å². The lowest BCUT2D eigenvalue weighted by molar-refractivity contribution is 0.466. The van der Waals surface area contributed by atoms with Crippen molar-refractivity contribution in [3.8, 4) is 17.6 Å². The highest BCUT2D eigenvalue weighted by atomic mass is 79.9. The summed E-state index contributed by atoms with van der Waals surface area (Å²) in [6.45, 7) is 2.08. The van der Waals surface area contributed by atoms with E-state index in [0.29, 0.717) is 11.3 Å². The molecule has 0 spiro atoms. The molecule has 1 atom stereocenters. The minimum atomic E-state index is 0.191. The van der Waals surface area contributed by atoms with Gasteiger partial charge in [0.25, 0.3) is 0 Å². The van der Waals surface area contributed by atoms with Gasteiger partial charge in [0.2, 0.25) is 0 Å². The third-order valence-corrected chi connectivity index (χ3v) is 3.58. The largest absolute Gasteiger partial charge is 0.457 e. The fourth-order valence-corrected chi connectivity index (χ4v) is 2.17. The van der Waals surface area contributed by atoms with Gasteiger partial charge in [0, 0.05) is 16.1 Å². The highest BCUT2D eigenvalue weighted by Gasteiger charge is 2.11. The van der Waals surface area contributed by atoms with Crippen LogP contribution in [-0.2, 0) is 0 Å². The molecule has 0 aliphatic carbocycles. The number of hydrogen-bond donors (Lipinski definition) is 1. The Kier molecular flexibility index (Phi) is 4.78. The van der Waals surface area contributed by atoms with Crippen LogP contribution in [0.2, 0.25) is 0 Å². The maximum atomic E-state index is 8.80. The number of hydrogen-bond acceptors (Lipinski definition) is 3. The molecule has 0 amide bonds. The first kappa shape index (κ1) is 14.6. The van der Waals surface area contributed by atoms with Crippen molar-refractivity contribution in [2.24, 2.45) is 0 Å². The van der Waals surface area contributed by atoms with Crippen molar-refractivity contribution >= 4 is 15.9 Å². The van der Waals surface area contributed by atoms with Gasteiger partial charge < -0.3 is 10.1 Å². The van der Waals surface area contributed by atoms with Gasteiger partial charge >= 0.3 is 0 Å². The molecular weight excluding hydrogens is 316 g/mol. The van der Waals surface area contributed by atoms with E-state index in [9.17, 15) is 0 Å². The van der Waals surface area contributed by atoms with Crippen LogP contribution >= 0.6 is 15.9 Å². The normalized spacial score (nSPS) is 11.7. The molecule has 0 aliphatic heterocycles. The lowest BCUT2D eigenvalue weighted by Gasteiger charge is -2.16. The molecule has 20 heavy (non-hydrogen) atoms. The fourth-order valence-electron chi connectivity index (χ4n) is 1.83. The maximum Gasteiger partial charge on any atom is 0.133 e. The summed E-state index contributed by atoms with van der Waals surface area (Å²) in [5, 5.41) is 12.0. The van der Waals surface area contributed by atoms with Gasteiger partial charge in [0.15, 0.2) is 0 Å². The fraction of sp³-hybridized carbons (Fsp3) is 0.188. The van der Waals surface area contributed by atoms with Crippen LogP contribution in [-0.4, -0.2) is 7.05 Å². The van der Waals surface area contributed by atoms with E-state index in [0.717, 1.165) is 15.8 Å². The molecule has 0 saturated carbocycles. The molecule has 102 valence electrons. The predicted molar refractivity (Wildman–Crippen MR) is 82.8 cm³/mol. The molecule has 0 heterocycles. The zero-order chi connectivity index (χ0) is 14.5. The molecule has 3 nitrogen and oxygen atoms in total. The standard InChI is InChI=1S/C16H15BrN2O/c1-11(19-2)15-8-5-13(17)9-16(15)20-14-6-3-12(10-18)4-7-14/h3-9,11,19H,1-2H3. The number of rotatable bonds is 4. The van der Waals surface area contributed by atoms with E-state index >= 15 is 0 Å². The average molecular weight is 331 g/mol. The minimum Gasteiger partial charge on any atom is -0.457 e. The SMILES string of the molecule is CNC(C)c1ccc(Br)cc1Oc1ccc(C#N)cc1. The summed E-state index contributed by atoms with van der Waals surface area (Å²) in [7, 11) is 1.91. The summed E-state index contributed by atoms with van der Waals surface area (Å²) >= 11 is 3.46. The van der Waals surface area contributed by atoms with Crippen LogP contribution in [0.3, 0.4) is 0 Å². The van der Waals surface area contributed by atoms with Crippen molar-refractivity contribution < 1.29 is 4.74 Å². The van der Waals surface area contributed by atoms with Crippen molar-refractivity contribution in [3.63, 3.8) is 0 Å². The van der Waals surface area contributed by atoms with Crippen molar-refractivity contribution in [2.75, 3.05) is 7.05 Å². The molecular formula is C16H15BrN2O. The summed E-state index contributed by atoms with van der Waals surface area (Å²) in [5.74, 6) is 1.51. The monoisotopic (exact) mass is 330 g/mol. The van der Waals surface area contributed by atoms with Gasteiger partial charge in [-0.25, -0.2) is 0 Å². The Labute approximate surface area is 127 Å². The quantitative estimate of drug-likeness (QED) is 0.903. The van der Waals surface area contributed by atoms with E-state index < -0.39 is 0 Å². The number of nitrogens with one attached hydrogen (secondary N) is 1. The highest BCUT2D eigenvalue weighted by Crippen LogP contribution is 2.32. The molecule has 1 unspecified atom stereocenters. The maximum absolute atomic E-state index is 8.80. The smallest absolute Gasteiger partial charge is 0.133 e. The van der Waals surface area contributed by atoms with Crippen LogP contribution < -0.4 is 10.1 Å². The average Bonchev–Trinajstić information content (AvgIpc) is 2.47. The minimum absolute atomic E-state index is 0.191. The van der Waals surface area contributed by atoms with E-state index in [-0.39, 0.29) is 6.04 Å². The number of benzene rings is 2. The first-order valence-electron chi connectivity index (χ1n) is 6.28. The van der Waals surface area contributed by atoms with Crippen molar-refractivity contribution in [3.05, 3.63) is 58.1 Å². The molecule has 0 fully saturated rings. The second kappa shape index (κ2) is 6.56. The molecule has 0 aromatic heterocycles. The predicted octanol–water partition coefficient (Wildman–Crippen LogP) is 4.39. The molecule has 0 bridgehead atoms. The van der Waals surface area contributed by atoms with Crippen LogP contribution in [0.4, 0.5) is 0 Å². The van der Waals surface area contributed by atoms with Crippen LogP contribution in [0.5, 0.6) is 11.5 Å². The van der Waals surface area contributed by atoms with Gasteiger partial charge in [-0.1, -0.05) is 22.0 Å². The topological polar surface area (TPSA) is 45.0 Å². The summed E-state index contributed by atoms with van der Waals surface area (Å²) in [4.78, 5) is 0. The van der Waals surface area contributed by atoms with Gasteiger partial charge in [-0.15, -0.1) is 0 Å². The third-order valence-electron chi connectivity index (χ3n) is 3.09. The lowest BCUT2D eigenvalue weighted by Crippen LogP contribution is -2.13. The van der Waals surface area contributed by atoms with Gasteiger partial charge in [-0.05, 0) is 50.4 Å². The van der Waals surface area contributed by atoms with Crippen LogP contribution in [0, 0.1) is 11.3 Å². The Morgan fingerprint density at radius 2 is 1.90 bits per heavy atom. The molecule has 0 saturated heterocycles. The van der Waals surface area contributed by atoms with Gasteiger partial charge in [-0.2, -0.15) is 5.26 Å². The number of nitrogens with zero attached hydrogens (tertiary/aromatic N) is 1. The van der Waals surface area contributed by atoms with E-state index in [2.05, 4.69) is 34.2 Å². The Hall–Kier alpha value is -1.83. The lowest BCUT2D eigenvalue weighted by atomic mass is 10.1. The van der Waals surface area contributed by atoms with E-state index in [4.69, 9.17) is 10.00 Å². The van der Waals surface area contributed by atoms with Gasteiger partial charge in [0.1, 0.15) is 11.5 Å². The Bertz CT molecular complexity index is 632. The second-order valence-electron chi connectivity index (χ2n) is 4.43. The molecule has 0 radical (unpaired) electrons. The summed E-state index contributed by atoms with van der Waals surface area (Å²) < 4.78 is 6.90. The summed E-state index contributed by atoms with van der Waals surface area (Å²) in [6, 6.07) is 15.3. The van der Waals surface area contributed by atoms with Crippen molar-refractivity contribution in [1.29, 1.82) is 5.26 Å². The molecule has 2 rings (SSSR count). The number of halogens is 1. The Morgan fingerprint density at radius 3 is 2.50 bits per heavy atom. The van der Waals surface area contributed by atoms with E-state index in [1.165, 1.54) is 0 Å². The Morgan fingerprint density at radius 1 is 1.20 bits per heavy atom.